The maximum absolute atomic E-state index is 14.2. The van der Waals surface area contributed by atoms with Gasteiger partial charge >= 0.3 is 0 Å². The Hall–Kier alpha value is -5.73. The predicted octanol–water partition coefficient (Wildman–Crippen LogP) is 6.61. The van der Waals surface area contributed by atoms with Gasteiger partial charge in [0.25, 0.3) is 11.5 Å². The molecule has 1 aromatic heterocycles. The third-order valence-corrected chi connectivity index (χ3v) is 9.12. The smallest absolute Gasteiger partial charge is 0.271 e. The van der Waals surface area contributed by atoms with E-state index < -0.39 is 6.04 Å². The van der Waals surface area contributed by atoms with E-state index in [1.165, 1.54) is 16.7 Å². The highest BCUT2D eigenvalue weighted by atomic mass is 32.1. The van der Waals surface area contributed by atoms with Crippen LogP contribution in [0.2, 0.25) is 0 Å². The minimum atomic E-state index is -0.706. The molecule has 232 valence electrons. The average molecular weight is 638 g/mol. The first-order valence-corrected chi connectivity index (χ1v) is 16.0. The summed E-state index contributed by atoms with van der Waals surface area (Å²) in [7, 11) is 1.59. The highest BCUT2D eigenvalue weighted by Gasteiger charge is 2.32. The second kappa shape index (κ2) is 12.9. The van der Waals surface area contributed by atoms with Gasteiger partial charge in [-0.2, -0.15) is 0 Å². The quantitative estimate of drug-likeness (QED) is 0.204. The molecule has 0 aliphatic carbocycles. The van der Waals surface area contributed by atoms with Crippen molar-refractivity contribution in [2.75, 3.05) is 12.4 Å². The highest BCUT2D eigenvalue weighted by molar-refractivity contribution is 7.07. The van der Waals surface area contributed by atoms with Gasteiger partial charge < -0.3 is 14.8 Å². The summed E-state index contributed by atoms with van der Waals surface area (Å²) in [6, 6.07) is 38.1. The lowest BCUT2D eigenvalue weighted by atomic mass is 9.95. The second-order valence-corrected chi connectivity index (χ2v) is 12.2. The summed E-state index contributed by atoms with van der Waals surface area (Å²) in [6.07, 6.45) is 1.85. The topological polar surface area (TPSA) is 81.9 Å². The molecule has 1 aliphatic heterocycles. The van der Waals surface area contributed by atoms with E-state index in [2.05, 4.69) is 29.6 Å². The SMILES string of the molecule is COc1cccc([C@H]2C(C(=O)Nc3ccccc3)=C(C)N=c3s/c(=C\c4cccc(OCc5cccc6ccccc56)c4)c(=O)n32)c1. The Morgan fingerprint density at radius 3 is 2.49 bits per heavy atom. The van der Waals surface area contributed by atoms with Crippen LogP contribution < -0.4 is 29.7 Å². The van der Waals surface area contributed by atoms with Crippen LogP contribution in [0.15, 0.2) is 142 Å². The van der Waals surface area contributed by atoms with Crippen LogP contribution in [-0.4, -0.2) is 17.6 Å². The van der Waals surface area contributed by atoms with E-state index in [4.69, 9.17) is 14.5 Å². The molecule has 7 nitrogen and oxygen atoms in total. The van der Waals surface area contributed by atoms with Crippen LogP contribution in [0.5, 0.6) is 11.5 Å². The van der Waals surface area contributed by atoms with Crippen molar-refractivity contribution in [2.45, 2.75) is 19.6 Å². The van der Waals surface area contributed by atoms with Crippen LogP contribution in [0.4, 0.5) is 5.69 Å². The first-order chi connectivity index (χ1) is 23.0. The molecule has 0 spiro atoms. The zero-order valence-corrected chi connectivity index (χ0v) is 26.7. The van der Waals surface area contributed by atoms with Crippen LogP contribution in [0, 0.1) is 0 Å². The monoisotopic (exact) mass is 637 g/mol. The van der Waals surface area contributed by atoms with Crippen LogP contribution in [0.3, 0.4) is 0 Å². The molecule has 0 saturated carbocycles. The number of nitrogens with zero attached hydrogens (tertiary/aromatic N) is 2. The number of ether oxygens (including phenoxy) is 2. The number of para-hydroxylation sites is 1. The number of benzene rings is 5. The molecule has 1 atom stereocenters. The lowest BCUT2D eigenvalue weighted by Gasteiger charge is -2.25. The van der Waals surface area contributed by atoms with Gasteiger partial charge in [0.2, 0.25) is 0 Å². The van der Waals surface area contributed by atoms with Crippen molar-refractivity contribution in [3.05, 3.63) is 169 Å². The molecule has 47 heavy (non-hydrogen) atoms. The number of anilines is 1. The van der Waals surface area contributed by atoms with E-state index >= 15 is 0 Å². The van der Waals surface area contributed by atoms with Crippen LogP contribution in [0.25, 0.3) is 16.8 Å². The van der Waals surface area contributed by atoms with Gasteiger partial charge in [0, 0.05) is 5.69 Å². The maximum atomic E-state index is 14.2. The van der Waals surface area contributed by atoms with E-state index in [0.717, 1.165) is 22.1 Å². The molecule has 0 unspecified atom stereocenters. The lowest BCUT2D eigenvalue weighted by molar-refractivity contribution is -0.113. The Morgan fingerprint density at radius 2 is 1.64 bits per heavy atom. The maximum Gasteiger partial charge on any atom is 0.271 e. The van der Waals surface area contributed by atoms with Gasteiger partial charge in [0.15, 0.2) is 4.80 Å². The number of carbonyl (C=O) groups excluding carboxylic acids is 1. The summed E-state index contributed by atoms with van der Waals surface area (Å²) in [5.74, 6) is 1.00. The first-order valence-electron chi connectivity index (χ1n) is 15.2. The van der Waals surface area contributed by atoms with Crippen LogP contribution >= 0.6 is 11.3 Å². The number of fused-ring (bicyclic) bond motifs is 2. The largest absolute Gasteiger partial charge is 0.497 e. The summed E-state index contributed by atoms with van der Waals surface area (Å²) < 4.78 is 13.8. The van der Waals surface area contributed by atoms with Gasteiger partial charge in [-0.3, -0.25) is 14.2 Å². The normalized spacial score (nSPS) is 14.4. The second-order valence-electron chi connectivity index (χ2n) is 11.2. The van der Waals surface area contributed by atoms with Crippen molar-refractivity contribution in [1.29, 1.82) is 0 Å². The van der Waals surface area contributed by atoms with Gasteiger partial charge in [-0.15, -0.1) is 0 Å². The summed E-state index contributed by atoms with van der Waals surface area (Å²) in [5, 5.41) is 5.31. The zero-order valence-electron chi connectivity index (χ0n) is 25.8. The standard InChI is InChI=1S/C39H31N3O4S/c1-25-35(37(43)41-30-16-4-3-5-17-30)36(28-14-10-18-31(23-28)45-2)42-38(44)34(47-39(42)40-25)22-26-11-8-19-32(21-26)46-24-29-15-9-13-27-12-6-7-20-33(27)29/h3-23,36H,24H2,1-2H3,(H,41,43)/b34-22-/t36-/m0/s1. The molecule has 0 radical (unpaired) electrons. The Bertz CT molecular complexity index is 2340. The fourth-order valence-electron chi connectivity index (χ4n) is 5.88. The number of hydrogen-bond acceptors (Lipinski definition) is 6. The molecule has 7 rings (SSSR count). The third-order valence-electron chi connectivity index (χ3n) is 8.14. The first kappa shape index (κ1) is 30.0. The molecule has 0 fully saturated rings. The van der Waals surface area contributed by atoms with E-state index in [1.807, 2.05) is 103 Å². The molecule has 2 heterocycles. The number of allylic oxidation sites excluding steroid dienone is 1. The molecule has 0 bridgehead atoms. The lowest BCUT2D eigenvalue weighted by Crippen LogP contribution is -2.40. The number of hydrogen-bond donors (Lipinski definition) is 1. The molecule has 8 heteroatoms. The van der Waals surface area contributed by atoms with Gasteiger partial charge in [-0.25, -0.2) is 4.99 Å². The number of amides is 1. The van der Waals surface area contributed by atoms with Gasteiger partial charge in [0.05, 0.1) is 29.0 Å². The molecule has 1 N–H and O–H groups in total. The van der Waals surface area contributed by atoms with Crippen molar-refractivity contribution in [1.82, 2.24) is 4.57 Å². The van der Waals surface area contributed by atoms with Crippen molar-refractivity contribution in [3.63, 3.8) is 0 Å². The highest BCUT2D eigenvalue weighted by Crippen LogP contribution is 2.32. The fourth-order valence-corrected chi connectivity index (χ4v) is 6.93. The molecule has 6 aromatic rings. The number of thiazole rings is 1. The molecule has 1 amide bonds. The molecular formula is C39H31N3O4S. The van der Waals surface area contributed by atoms with Crippen molar-refractivity contribution >= 4 is 39.8 Å². The minimum Gasteiger partial charge on any atom is -0.497 e. The number of aromatic nitrogens is 1. The van der Waals surface area contributed by atoms with E-state index in [-0.39, 0.29) is 11.5 Å². The Kier molecular flexibility index (Phi) is 8.25. The number of rotatable bonds is 8. The summed E-state index contributed by atoms with van der Waals surface area (Å²) in [5.41, 5.74) is 4.02. The molecule has 5 aromatic carbocycles. The van der Waals surface area contributed by atoms with Gasteiger partial charge in [-0.05, 0) is 76.9 Å². The van der Waals surface area contributed by atoms with E-state index in [1.54, 1.807) is 18.6 Å². The van der Waals surface area contributed by atoms with E-state index in [0.29, 0.717) is 44.4 Å². The Morgan fingerprint density at radius 1 is 0.894 bits per heavy atom. The fraction of sp³-hybridized carbons (Fsp3) is 0.103. The average Bonchev–Trinajstić information content (AvgIpc) is 3.40. The summed E-state index contributed by atoms with van der Waals surface area (Å²) in [4.78, 5) is 33.3. The Labute approximate surface area is 275 Å². The van der Waals surface area contributed by atoms with Crippen molar-refractivity contribution < 1.29 is 14.3 Å². The zero-order chi connectivity index (χ0) is 32.3. The number of nitrogens with one attached hydrogen (secondary N) is 1. The summed E-state index contributed by atoms with van der Waals surface area (Å²) >= 11 is 1.29. The van der Waals surface area contributed by atoms with Crippen molar-refractivity contribution in [3.8, 4) is 11.5 Å². The number of carbonyl (C=O) groups is 1. The van der Waals surface area contributed by atoms with Gasteiger partial charge in [0.1, 0.15) is 18.1 Å². The minimum absolute atomic E-state index is 0.235. The van der Waals surface area contributed by atoms with Crippen molar-refractivity contribution in [2.24, 2.45) is 4.99 Å². The van der Waals surface area contributed by atoms with E-state index in [9.17, 15) is 9.59 Å². The van der Waals surface area contributed by atoms with Gasteiger partial charge in [-0.1, -0.05) is 96.3 Å². The van der Waals surface area contributed by atoms with Crippen LogP contribution in [0.1, 0.15) is 29.7 Å². The van der Waals surface area contributed by atoms with Crippen LogP contribution in [-0.2, 0) is 11.4 Å². The molecule has 1 aliphatic rings. The Balaban J connectivity index is 1.25. The third kappa shape index (κ3) is 6.11. The summed E-state index contributed by atoms with van der Waals surface area (Å²) in [6.45, 7) is 2.22. The predicted molar refractivity (Wildman–Crippen MR) is 187 cm³/mol. The molecule has 0 saturated heterocycles. The number of methoxy groups -OCH3 is 1. The molecular weight excluding hydrogens is 607 g/mol.